The van der Waals surface area contributed by atoms with Crippen LogP contribution in [0.15, 0.2) is 24.3 Å². The molecule has 1 unspecified atom stereocenters. The van der Waals surface area contributed by atoms with Crippen molar-refractivity contribution in [1.29, 1.82) is 0 Å². The van der Waals surface area contributed by atoms with E-state index in [2.05, 4.69) is 23.1 Å². The third kappa shape index (κ3) is 3.31. The van der Waals surface area contributed by atoms with Gasteiger partial charge in [0.15, 0.2) is 0 Å². The third-order valence-corrected chi connectivity index (χ3v) is 6.13. The molecule has 1 aliphatic heterocycles. The molecule has 0 radical (unpaired) electrons. The lowest BCUT2D eigenvalue weighted by Crippen LogP contribution is -2.45. The first-order valence-corrected chi connectivity index (χ1v) is 9.81. The fourth-order valence-electron chi connectivity index (χ4n) is 4.76. The standard InChI is InChI=1S/C21H28N2O2/c1-15(24)22-13-12-16-6-2-5-9-19(16)20(22)14-21(25)23(18-10-11-18)17-7-3-4-8-17/h2,5-6,9,17-18,20H,3-4,7-8,10-14H2,1H3. The Morgan fingerprint density at radius 1 is 1.08 bits per heavy atom. The number of fused-ring (bicyclic) bond motifs is 1. The Labute approximate surface area is 150 Å². The Balaban J connectivity index is 1.58. The van der Waals surface area contributed by atoms with Gasteiger partial charge in [-0.2, -0.15) is 0 Å². The Hall–Kier alpha value is -1.84. The molecule has 0 bridgehead atoms. The molecule has 4 nitrogen and oxygen atoms in total. The van der Waals surface area contributed by atoms with E-state index in [-0.39, 0.29) is 17.9 Å². The highest BCUT2D eigenvalue weighted by Crippen LogP contribution is 2.38. The van der Waals surface area contributed by atoms with Crippen molar-refractivity contribution < 1.29 is 9.59 Å². The van der Waals surface area contributed by atoms with Crippen LogP contribution in [0, 0.1) is 0 Å². The molecule has 4 rings (SSSR count). The number of rotatable bonds is 4. The Morgan fingerprint density at radius 2 is 1.76 bits per heavy atom. The van der Waals surface area contributed by atoms with Gasteiger partial charge in [-0.05, 0) is 43.2 Å². The van der Waals surface area contributed by atoms with Crippen molar-refractivity contribution in [3.05, 3.63) is 35.4 Å². The molecule has 0 spiro atoms. The van der Waals surface area contributed by atoms with E-state index in [0.717, 1.165) is 38.6 Å². The lowest BCUT2D eigenvalue weighted by Gasteiger charge is -2.38. The molecule has 4 heteroatoms. The minimum absolute atomic E-state index is 0.0751. The maximum absolute atomic E-state index is 13.2. The molecule has 3 aliphatic rings. The van der Waals surface area contributed by atoms with Crippen LogP contribution in [0.25, 0.3) is 0 Å². The summed E-state index contributed by atoms with van der Waals surface area (Å²) < 4.78 is 0. The minimum Gasteiger partial charge on any atom is -0.337 e. The van der Waals surface area contributed by atoms with Crippen LogP contribution in [-0.4, -0.2) is 40.2 Å². The van der Waals surface area contributed by atoms with Crippen molar-refractivity contribution in [1.82, 2.24) is 9.80 Å². The first-order valence-electron chi connectivity index (χ1n) is 9.81. The van der Waals surface area contributed by atoms with Crippen LogP contribution >= 0.6 is 0 Å². The second-order valence-electron chi connectivity index (χ2n) is 7.85. The van der Waals surface area contributed by atoms with E-state index in [1.165, 1.54) is 24.0 Å². The molecule has 0 N–H and O–H groups in total. The number of hydrogen-bond acceptors (Lipinski definition) is 2. The largest absolute Gasteiger partial charge is 0.337 e. The van der Waals surface area contributed by atoms with E-state index in [1.54, 1.807) is 6.92 Å². The molecular weight excluding hydrogens is 312 g/mol. The number of hydrogen-bond donors (Lipinski definition) is 0. The van der Waals surface area contributed by atoms with Crippen LogP contribution in [0.3, 0.4) is 0 Å². The SMILES string of the molecule is CC(=O)N1CCc2ccccc2C1CC(=O)N(C1CCCC1)C1CC1. The van der Waals surface area contributed by atoms with E-state index in [9.17, 15) is 9.59 Å². The van der Waals surface area contributed by atoms with Gasteiger partial charge in [0, 0.05) is 25.6 Å². The van der Waals surface area contributed by atoms with Gasteiger partial charge in [-0.25, -0.2) is 0 Å². The van der Waals surface area contributed by atoms with E-state index in [4.69, 9.17) is 0 Å². The highest BCUT2D eigenvalue weighted by atomic mass is 16.2. The zero-order valence-electron chi connectivity index (χ0n) is 15.1. The third-order valence-electron chi connectivity index (χ3n) is 6.13. The molecule has 0 saturated heterocycles. The fourth-order valence-corrected chi connectivity index (χ4v) is 4.76. The summed E-state index contributed by atoms with van der Waals surface area (Å²) in [5, 5.41) is 0. The summed E-state index contributed by atoms with van der Waals surface area (Å²) in [6, 6.07) is 9.10. The summed E-state index contributed by atoms with van der Waals surface area (Å²) in [6.07, 6.45) is 8.42. The first kappa shape index (κ1) is 16.6. The van der Waals surface area contributed by atoms with Crippen LogP contribution in [0.1, 0.15) is 69.0 Å². The van der Waals surface area contributed by atoms with Crippen LogP contribution in [-0.2, 0) is 16.0 Å². The molecule has 1 aromatic rings. The molecule has 2 aliphatic carbocycles. The van der Waals surface area contributed by atoms with Gasteiger partial charge in [-0.3, -0.25) is 9.59 Å². The van der Waals surface area contributed by atoms with Gasteiger partial charge in [0.05, 0.1) is 12.5 Å². The fraction of sp³-hybridized carbons (Fsp3) is 0.619. The molecule has 1 heterocycles. The first-order chi connectivity index (χ1) is 12.1. The van der Waals surface area contributed by atoms with Crippen LogP contribution < -0.4 is 0 Å². The average Bonchev–Trinajstić information content (AvgIpc) is 3.28. The summed E-state index contributed by atoms with van der Waals surface area (Å²) in [6.45, 7) is 2.35. The highest BCUT2D eigenvalue weighted by Gasteiger charge is 2.40. The van der Waals surface area contributed by atoms with Crippen molar-refractivity contribution in [3.8, 4) is 0 Å². The van der Waals surface area contributed by atoms with Crippen molar-refractivity contribution in [2.24, 2.45) is 0 Å². The lowest BCUT2D eigenvalue weighted by atomic mass is 9.90. The molecule has 134 valence electrons. The lowest BCUT2D eigenvalue weighted by molar-refractivity contribution is -0.138. The van der Waals surface area contributed by atoms with Gasteiger partial charge in [0.1, 0.15) is 0 Å². The zero-order chi connectivity index (χ0) is 17.4. The molecule has 2 amide bonds. The summed E-state index contributed by atoms with van der Waals surface area (Å²) in [7, 11) is 0. The van der Waals surface area contributed by atoms with Gasteiger partial charge in [0.2, 0.25) is 11.8 Å². The smallest absolute Gasteiger partial charge is 0.225 e. The second kappa shape index (κ2) is 6.81. The molecule has 1 atom stereocenters. The topological polar surface area (TPSA) is 40.6 Å². The average molecular weight is 340 g/mol. The van der Waals surface area contributed by atoms with E-state index in [1.807, 2.05) is 11.0 Å². The summed E-state index contributed by atoms with van der Waals surface area (Å²) >= 11 is 0. The van der Waals surface area contributed by atoms with E-state index in [0.29, 0.717) is 18.5 Å². The zero-order valence-corrected chi connectivity index (χ0v) is 15.1. The van der Waals surface area contributed by atoms with Crippen LogP contribution in [0.2, 0.25) is 0 Å². The van der Waals surface area contributed by atoms with Crippen molar-refractivity contribution in [3.63, 3.8) is 0 Å². The summed E-state index contributed by atoms with van der Waals surface area (Å²) in [5.74, 6) is 0.327. The number of carbonyl (C=O) groups is 2. The molecular formula is C21H28N2O2. The van der Waals surface area contributed by atoms with Crippen LogP contribution in [0.4, 0.5) is 0 Å². The number of amides is 2. The normalized spacial score (nSPS) is 23.4. The second-order valence-corrected chi connectivity index (χ2v) is 7.85. The number of carbonyl (C=O) groups excluding carboxylic acids is 2. The predicted molar refractivity (Wildman–Crippen MR) is 97.0 cm³/mol. The molecule has 2 fully saturated rings. The molecule has 0 aromatic heterocycles. The molecule has 2 saturated carbocycles. The van der Waals surface area contributed by atoms with Crippen molar-refractivity contribution >= 4 is 11.8 Å². The number of nitrogens with zero attached hydrogens (tertiary/aromatic N) is 2. The van der Waals surface area contributed by atoms with Crippen LogP contribution in [0.5, 0.6) is 0 Å². The van der Waals surface area contributed by atoms with Gasteiger partial charge in [0.25, 0.3) is 0 Å². The highest BCUT2D eigenvalue weighted by molar-refractivity contribution is 5.80. The van der Waals surface area contributed by atoms with Gasteiger partial charge >= 0.3 is 0 Å². The Bertz CT molecular complexity index is 662. The Kier molecular flexibility index (Phi) is 4.53. The quantitative estimate of drug-likeness (QED) is 0.842. The predicted octanol–water partition coefficient (Wildman–Crippen LogP) is 3.46. The van der Waals surface area contributed by atoms with Gasteiger partial charge < -0.3 is 9.80 Å². The molecule has 25 heavy (non-hydrogen) atoms. The van der Waals surface area contributed by atoms with E-state index < -0.39 is 0 Å². The minimum atomic E-state index is -0.0994. The summed E-state index contributed by atoms with van der Waals surface area (Å²) in [4.78, 5) is 29.5. The monoisotopic (exact) mass is 340 g/mol. The van der Waals surface area contributed by atoms with Crippen molar-refractivity contribution in [2.45, 2.75) is 76.4 Å². The van der Waals surface area contributed by atoms with E-state index >= 15 is 0 Å². The summed E-state index contributed by atoms with van der Waals surface area (Å²) in [5.41, 5.74) is 2.45. The van der Waals surface area contributed by atoms with Crippen molar-refractivity contribution in [2.75, 3.05) is 6.54 Å². The van der Waals surface area contributed by atoms with Gasteiger partial charge in [-0.1, -0.05) is 37.1 Å². The van der Waals surface area contributed by atoms with Gasteiger partial charge in [-0.15, -0.1) is 0 Å². The molecule has 1 aromatic carbocycles. The maximum atomic E-state index is 13.2. The Morgan fingerprint density at radius 3 is 2.44 bits per heavy atom. The number of benzene rings is 1. The maximum Gasteiger partial charge on any atom is 0.225 e.